The third-order valence-electron chi connectivity index (χ3n) is 6.94. The highest BCUT2D eigenvalue weighted by Crippen LogP contribution is 2.27. The number of ether oxygens (including phenoxy) is 1. The van der Waals surface area contributed by atoms with E-state index in [2.05, 4.69) is 5.32 Å². The normalized spacial score (nSPS) is 14.8. The van der Waals surface area contributed by atoms with E-state index in [1.807, 2.05) is 68.4 Å². The Kier molecular flexibility index (Phi) is 10.5. The summed E-state index contributed by atoms with van der Waals surface area (Å²) >= 11 is 0. The monoisotopic (exact) mass is 550 g/mol. The van der Waals surface area contributed by atoms with Crippen LogP contribution in [0.5, 0.6) is 0 Å². The number of carboxylic acids is 1. The van der Waals surface area contributed by atoms with Crippen molar-refractivity contribution in [1.82, 2.24) is 10.2 Å². The number of Topliss-reactive ketones (excluding diaryl/α,β-unsaturated/α-hetero) is 1. The van der Waals surface area contributed by atoms with Crippen LogP contribution in [0.25, 0.3) is 0 Å². The van der Waals surface area contributed by atoms with Crippen molar-refractivity contribution in [2.45, 2.75) is 84.4 Å². The maximum atomic E-state index is 13.5. The Morgan fingerprint density at radius 2 is 1.55 bits per heavy atom. The van der Waals surface area contributed by atoms with E-state index in [1.54, 1.807) is 20.8 Å². The van der Waals surface area contributed by atoms with E-state index >= 15 is 0 Å². The van der Waals surface area contributed by atoms with E-state index in [4.69, 9.17) is 4.74 Å². The summed E-state index contributed by atoms with van der Waals surface area (Å²) in [5.41, 5.74) is 2.41. The Bertz CT molecular complexity index is 1160. The number of rotatable bonds is 12. The van der Waals surface area contributed by atoms with Crippen molar-refractivity contribution in [3.05, 3.63) is 71.3 Å². The minimum Gasteiger partial charge on any atom is -0.480 e. The lowest BCUT2D eigenvalue weighted by Crippen LogP contribution is -2.48. The fourth-order valence-electron chi connectivity index (χ4n) is 5.09. The Hall–Kier alpha value is -3.68. The zero-order chi connectivity index (χ0) is 29.4. The zero-order valence-corrected chi connectivity index (χ0v) is 24.2. The lowest BCUT2D eigenvalue weighted by atomic mass is 9.92. The molecule has 3 rings (SSSR count). The van der Waals surface area contributed by atoms with Crippen LogP contribution in [0.15, 0.2) is 54.6 Å². The number of fused-ring (bicyclic) bond motifs is 1. The van der Waals surface area contributed by atoms with Crippen LogP contribution >= 0.6 is 0 Å². The Morgan fingerprint density at radius 3 is 2.08 bits per heavy atom. The number of carbonyl (C=O) groups is 4. The van der Waals surface area contributed by atoms with Gasteiger partial charge in [-0.3, -0.25) is 14.5 Å². The fraction of sp³-hybridized carbons (Fsp3) is 0.500. The predicted molar refractivity (Wildman–Crippen MR) is 153 cm³/mol. The second-order valence-corrected chi connectivity index (χ2v) is 12.1. The van der Waals surface area contributed by atoms with Crippen molar-refractivity contribution in [3.8, 4) is 0 Å². The lowest BCUT2D eigenvalue weighted by molar-refractivity contribution is -0.143. The average Bonchev–Trinajstić information content (AvgIpc) is 3.29. The molecule has 40 heavy (non-hydrogen) atoms. The van der Waals surface area contributed by atoms with Gasteiger partial charge in [0.15, 0.2) is 5.78 Å². The van der Waals surface area contributed by atoms with E-state index in [1.165, 1.54) is 4.90 Å². The Morgan fingerprint density at radius 1 is 0.975 bits per heavy atom. The van der Waals surface area contributed by atoms with Gasteiger partial charge in [-0.1, -0.05) is 68.4 Å². The predicted octanol–water partition coefficient (Wildman–Crippen LogP) is 4.82. The van der Waals surface area contributed by atoms with E-state index in [0.29, 0.717) is 12.8 Å². The molecule has 2 N–H and O–H groups in total. The molecule has 2 aromatic rings. The number of carbonyl (C=O) groups excluding carboxylic acids is 3. The first-order valence-electron chi connectivity index (χ1n) is 14.0. The molecule has 0 fully saturated rings. The molecule has 2 amide bonds. The zero-order valence-electron chi connectivity index (χ0n) is 24.2. The van der Waals surface area contributed by atoms with Crippen LogP contribution in [0.4, 0.5) is 4.79 Å². The minimum absolute atomic E-state index is 0.0635. The summed E-state index contributed by atoms with van der Waals surface area (Å²) in [4.78, 5) is 53.4. The number of nitrogens with zero attached hydrogens (tertiary/aromatic N) is 1. The standard InChI is InChI=1S/C32H42N2O6/c1-21(2)15-28(30(37)38)33-29(36)25(16-22-11-7-6-8-12-22)19-27(35)20-34(31(39)40-32(3,4)5)26-17-23-13-9-10-14-24(23)18-26/h6-14,21,25-26,28H,15-20H2,1-5H3,(H,33,36)(H,37,38)/t25-,28+/m0/s1. The number of carboxylic acid groups (broad SMARTS) is 1. The van der Waals surface area contributed by atoms with E-state index in [0.717, 1.165) is 16.7 Å². The highest BCUT2D eigenvalue weighted by Gasteiger charge is 2.35. The van der Waals surface area contributed by atoms with Gasteiger partial charge in [-0.2, -0.15) is 0 Å². The van der Waals surface area contributed by atoms with Gasteiger partial charge in [0.25, 0.3) is 0 Å². The molecule has 0 heterocycles. The maximum Gasteiger partial charge on any atom is 0.410 e. The minimum atomic E-state index is -1.11. The summed E-state index contributed by atoms with van der Waals surface area (Å²) in [7, 11) is 0. The molecule has 0 radical (unpaired) electrons. The molecule has 1 aliphatic carbocycles. The second-order valence-electron chi connectivity index (χ2n) is 12.1. The number of hydrogen-bond donors (Lipinski definition) is 2. The summed E-state index contributed by atoms with van der Waals surface area (Å²) < 4.78 is 5.67. The molecule has 2 aromatic carbocycles. The van der Waals surface area contributed by atoms with Crippen LogP contribution in [-0.2, 0) is 38.4 Å². The molecule has 0 saturated heterocycles. The van der Waals surface area contributed by atoms with Crippen LogP contribution < -0.4 is 5.32 Å². The molecule has 1 aliphatic rings. The summed E-state index contributed by atoms with van der Waals surface area (Å²) in [5.74, 6) is -2.60. The van der Waals surface area contributed by atoms with Crippen molar-refractivity contribution >= 4 is 23.8 Å². The summed E-state index contributed by atoms with van der Waals surface area (Å²) in [6.45, 7) is 8.93. The second kappa shape index (κ2) is 13.6. The van der Waals surface area contributed by atoms with Gasteiger partial charge in [-0.05, 0) is 69.1 Å². The molecule has 0 aromatic heterocycles. The van der Waals surface area contributed by atoms with Gasteiger partial charge in [0, 0.05) is 18.4 Å². The SMILES string of the molecule is CC(C)C[C@@H](NC(=O)[C@H](CC(=O)CN(C(=O)OC(C)(C)C)C1Cc2ccccc2C1)Cc1ccccc1)C(=O)O. The largest absolute Gasteiger partial charge is 0.480 e. The first-order valence-corrected chi connectivity index (χ1v) is 14.0. The lowest BCUT2D eigenvalue weighted by Gasteiger charge is -2.31. The molecular formula is C32H42N2O6. The third kappa shape index (κ3) is 9.21. The van der Waals surface area contributed by atoms with E-state index in [-0.39, 0.29) is 43.6 Å². The molecule has 8 heteroatoms. The van der Waals surface area contributed by atoms with Crippen LogP contribution in [0, 0.1) is 11.8 Å². The molecule has 0 spiro atoms. The highest BCUT2D eigenvalue weighted by molar-refractivity contribution is 5.91. The van der Waals surface area contributed by atoms with E-state index in [9.17, 15) is 24.3 Å². The smallest absolute Gasteiger partial charge is 0.410 e. The topological polar surface area (TPSA) is 113 Å². The van der Waals surface area contributed by atoms with Gasteiger partial charge in [-0.15, -0.1) is 0 Å². The van der Waals surface area contributed by atoms with Gasteiger partial charge in [0.2, 0.25) is 5.91 Å². The summed E-state index contributed by atoms with van der Waals surface area (Å²) in [5, 5.41) is 12.3. The Labute approximate surface area is 237 Å². The number of ketones is 1. The average molecular weight is 551 g/mol. The molecule has 0 unspecified atom stereocenters. The number of amides is 2. The van der Waals surface area contributed by atoms with Gasteiger partial charge in [-0.25, -0.2) is 9.59 Å². The van der Waals surface area contributed by atoms with Crippen molar-refractivity contribution in [2.75, 3.05) is 6.54 Å². The first-order chi connectivity index (χ1) is 18.8. The maximum absolute atomic E-state index is 13.5. The van der Waals surface area contributed by atoms with Crippen molar-refractivity contribution in [2.24, 2.45) is 11.8 Å². The summed E-state index contributed by atoms with van der Waals surface area (Å²) in [6, 6.07) is 16.0. The van der Waals surface area contributed by atoms with Crippen molar-refractivity contribution < 1.29 is 29.0 Å². The van der Waals surface area contributed by atoms with Gasteiger partial charge in [0.1, 0.15) is 11.6 Å². The molecule has 2 atom stereocenters. The Balaban J connectivity index is 1.79. The summed E-state index contributed by atoms with van der Waals surface area (Å²) in [6.07, 6.45) is 1.09. The van der Waals surface area contributed by atoms with Crippen molar-refractivity contribution in [3.63, 3.8) is 0 Å². The number of nitrogens with one attached hydrogen (secondary N) is 1. The number of aliphatic carboxylic acids is 1. The van der Waals surface area contributed by atoms with Crippen LogP contribution in [0.1, 0.15) is 64.2 Å². The van der Waals surface area contributed by atoms with Gasteiger partial charge >= 0.3 is 12.1 Å². The third-order valence-corrected chi connectivity index (χ3v) is 6.94. The number of benzene rings is 2. The molecule has 216 valence electrons. The van der Waals surface area contributed by atoms with Crippen LogP contribution in [-0.4, -0.2) is 58.0 Å². The van der Waals surface area contributed by atoms with Gasteiger partial charge < -0.3 is 15.2 Å². The van der Waals surface area contributed by atoms with Crippen LogP contribution in [0.3, 0.4) is 0 Å². The highest BCUT2D eigenvalue weighted by atomic mass is 16.6. The number of hydrogen-bond acceptors (Lipinski definition) is 5. The molecule has 8 nitrogen and oxygen atoms in total. The molecule has 0 aliphatic heterocycles. The molecule has 0 bridgehead atoms. The molecular weight excluding hydrogens is 508 g/mol. The van der Waals surface area contributed by atoms with Gasteiger partial charge in [0.05, 0.1) is 6.54 Å². The molecule has 0 saturated carbocycles. The van der Waals surface area contributed by atoms with Crippen LogP contribution in [0.2, 0.25) is 0 Å². The van der Waals surface area contributed by atoms with Crippen molar-refractivity contribution in [1.29, 1.82) is 0 Å². The van der Waals surface area contributed by atoms with E-state index < -0.39 is 35.5 Å². The first kappa shape index (κ1) is 30.9. The quantitative estimate of drug-likeness (QED) is 0.392. The fourth-order valence-corrected chi connectivity index (χ4v) is 5.09.